The van der Waals surface area contributed by atoms with E-state index in [2.05, 4.69) is 48.3 Å². The van der Waals surface area contributed by atoms with Gasteiger partial charge in [0.1, 0.15) is 11.5 Å². The van der Waals surface area contributed by atoms with Gasteiger partial charge in [-0.3, -0.25) is 9.69 Å². The van der Waals surface area contributed by atoms with Gasteiger partial charge in [0.2, 0.25) is 5.91 Å². The minimum absolute atomic E-state index is 0.0242. The highest BCUT2D eigenvalue weighted by Gasteiger charge is 2.21. The van der Waals surface area contributed by atoms with E-state index in [0.717, 1.165) is 36.7 Å². The molecular weight excluding hydrogens is 380 g/mol. The molecule has 1 aliphatic heterocycles. The second-order valence-electron chi connectivity index (χ2n) is 7.82. The molecule has 1 heterocycles. The van der Waals surface area contributed by atoms with E-state index >= 15 is 0 Å². The molecule has 1 fully saturated rings. The van der Waals surface area contributed by atoms with Gasteiger partial charge in [-0.25, -0.2) is 0 Å². The van der Waals surface area contributed by atoms with Crippen LogP contribution in [0, 0.1) is 0 Å². The Labute approximate surface area is 179 Å². The maximum absolute atomic E-state index is 12.1. The smallest absolute Gasteiger partial charge is 0.223 e. The van der Waals surface area contributed by atoms with Crippen LogP contribution in [-0.4, -0.2) is 49.8 Å². The Bertz CT molecular complexity index is 782. The second kappa shape index (κ2) is 11.0. The molecule has 1 N–H and O–H groups in total. The quantitative estimate of drug-likeness (QED) is 0.684. The van der Waals surface area contributed by atoms with Gasteiger partial charge in [0.25, 0.3) is 0 Å². The molecular formula is C24H32N2O4. The number of hydrogen-bond donors (Lipinski definition) is 1. The number of morpholine rings is 1. The summed E-state index contributed by atoms with van der Waals surface area (Å²) in [6.07, 6.45) is 0.867. The minimum atomic E-state index is -0.0242. The molecule has 2 atom stereocenters. The number of methoxy groups -OCH3 is 1. The minimum Gasteiger partial charge on any atom is -0.497 e. The molecule has 0 saturated carbocycles. The molecule has 2 aromatic carbocycles. The first kappa shape index (κ1) is 22.1. The van der Waals surface area contributed by atoms with Crippen LogP contribution in [0.5, 0.6) is 11.5 Å². The third-order valence-electron chi connectivity index (χ3n) is 5.07. The SMILES string of the molecule is COc1ccc(OCCC(=O)NCc2ccc(CN3C[C@@H](C)O[C@H](C)C3)cc2)cc1. The van der Waals surface area contributed by atoms with Gasteiger partial charge in [-0.1, -0.05) is 24.3 Å². The third kappa shape index (κ3) is 7.04. The average Bonchev–Trinajstić information content (AvgIpc) is 2.73. The Morgan fingerprint density at radius 3 is 2.23 bits per heavy atom. The summed E-state index contributed by atoms with van der Waals surface area (Å²) >= 11 is 0. The standard InChI is InChI=1S/C24H32N2O4/c1-18-15-26(16-19(2)30-18)17-21-6-4-20(5-7-21)14-25-24(27)12-13-29-23-10-8-22(28-3)9-11-23/h4-11,18-19H,12-17H2,1-3H3,(H,25,27)/t18-,19-/m1/s1. The first-order valence-electron chi connectivity index (χ1n) is 10.5. The van der Waals surface area contributed by atoms with Crippen LogP contribution in [0.4, 0.5) is 0 Å². The van der Waals surface area contributed by atoms with Crippen LogP contribution in [0.25, 0.3) is 0 Å². The predicted octanol–water partition coefficient (Wildman–Crippen LogP) is 3.39. The lowest BCUT2D eigenvalue weighted by molar-refractivity contribution is -0.121. The number of nitrogens with one attached hydrogen (secondary N) is 1. The summed E-state index contributed by atoms with van der Waals surface area (Å²) in [4.78, 5) is 14.5. The topological polar surface area (TPSA) is 60.0 Å². The van der Waals surface area contributed by atoms with Gasteiger partial charge in [-0.2, -0.15) is 0 Å². The fraction of sp³-hybridized carbons (Fsp3) is 0.458. The summed E-state index contributed by atoms with van der Waals surface area (Å²) in [6.45, 7) is 7.95. The van der Waals surface area contributed by atoms with Crippen LogP contribution < -0.4 is 14.8 Å². The molecule has 0 radical (unpaired) electrons. The zero-order valence-electron chi connectivity index (χ0n) is 18.1. The van der Waals surface area contributed by atoms with Crippen LogP contribution in [0.15, 0.2) is 48.5 Å². The highest BCUT2D eigenvalue weighted by Crippen LogP contribution is 2.17. The van der Waals surface area contributed by atoms with Gasteiger partial charge in [0, 0.05) is 26.2 Å². The molecule has 0 spiro atoms. The predicted molar refractivity (Wildman–Crippen MR) is 117 cm³/mol. The largest absolute Gasteiger partial charge is 0.497 e. The van der Waals surface area contributed by atoms with Crippen LogP contribution in [0.2, 0.25) is 0 Å². The zero-order valence-corrected chi connectivity index (χ0v) is 18.1. The van der Waals surface area contributed by atoms with Gasteiger partial charge in [0.05, 0.1) is 32.3 Å². The molecule has 162 valence electrons. The maximum atomic E-state index is 12.1. The van der Waals surface area contributed by atoms with Crippen molar-refractivity contribution in [3.8, 4) is 11.5 Å². The highest BCUT2D eigenvalue weighted by atomic mass is 16.5. The molecule has 3 rings (SSSR count). The molecule has 0 unspecified atom stereocenters. The molecule has 30 heavy (non-hydrogen) atoms. The van der Waals surface area contributed by atoms with Crippen LogP contribution >= 0.6 is 0 Å². The number of benzene rings is 2. The van der Waals surface area contributed by atoms with E-state index < -0.39 is 0 Å². The lowest BCUT2D eigenvalue weighted by Gasteiger charge is -2.35. The Balaban J connectivity index is 1.36. The first-order valence-corrected chi connectivity index (χ1v) is 10.5. The molecule has 0 bridgehead atoms. The lowest BCUT2D eigenvalue weighted by Crippen LogP contribution is -2.44. The fourth-order valence-corrected chi connectivity index (χ4v) is 3.66. The Hall–Kier alpha value is -2.57. The summed E-state index contributed by atoms with van der Waals surface area (Å²) in [5.41, 5.74) is 2.37. The average molecular weight is 413 g/mol. The molecule has 1 saturated heterocycles. The molecule has 1 aliphatic rings. The summed E-state index contributed by atoms with van der Waals surface area (Å²) in [7, 11) is 1.62. The number of hydrogen-bond acceptors (Lipinski definition) is 5. The van der Waals surface area contributed by atoms with E-state index in [-0.39, 0.29) is 18.1 Å². The lowest BCUT2D eigenvalue weighted by atomic mass is 10.1. The number of amides is 1. The first-order chi connectivity index (χ1) is 14.5. The zero-order chi connectivity index (χ0) is 21.3. The molecule has 0 aromatic heterocycles. The normalized spacial score (nSPS) is 19.3. The van der Waals surface area contributed by atoms with E-state index in [1.165, 1.54) is 5.56 Å². The maximum Gasteiger partial charge on any atom is 0.223 e. The van der Waals surface area contributed by atoms with Crippen molar-refractivity contribution in [3.63, 3.8) is 0 Å². The van der Waals surface area contributed by atoms with Crippen molar-refractivity contribution in [3.05, 3.63) is 59.7 Å². The van der Waals surface area contributed by atoms with Crippen molar-refractivity contribution in [2.24, 2.45) is 0 Å². The fourth-order valence-electron chi connectivity index (χ4n) is 3.66. The third-order valence-corrected chi connectivity index (χ3v) is 5.07. The molecule has 0 aliphatic carbocycles. The molecule has 1 amide bonds. The van der Waals surface area contributed by atoms with E-state index in [1.807, 2.05) is 24.3 Å². The number of carbonyl (C=O) groups excluding carboxylic acids is 1. The van der Waals surface area contributed by atoms with Gasteiger partial charge >= 0.3 is 0 Å². The molecule has 6 nitrogen and oxygen atoms in total. The van der Waals surface area contributed by atoms with Crippen LogP contribution in [0.1, 0.15) is 31.4 Å². The van der Waals surface area contributed by atoms with Crippen LogP contribution in [0.3, 0.4) is 0 Å². The summed E-state index contributed by atoms with van der Waals surface area (Å²) < 4.78 is 16.5. The summed E-state index contributed by atoms with van der Waals surface area (Å²) in [5, 5.41) is 2.95. The van der Waals surface area contributed by atoms with E-state index in [4.69, 9.17) is 14.2 Å². The van der Waals surface area contributed by atoms with Gasteiger partial charge < -0.3 is 19.5 Å². The van der Waals surface area contributed by atoms with Crippen molar-refractivity contribution in [2.45, 2.75) is 45.6 Å². The van der Waals surface area contributed by atoms with E-state index in [9.17, 15) is 4.79 Å². The van der Waals surface area contributed by atoms with Gasteiger partial charge in [-0.05, 0) is 49.2 Å². The van der Waals surface area contributed by atoms with Crippen molar-refractivity contribution in [1.29, 1.82) is 0 Å². The van der Waals surface area contributed by atoms with Crippen molar-refractivity contribution >= 4 is 5.91 Å². The van der Waals surface area contributed by atoms with Crippen LogP contribution in [-0.2, 0) is 22.6 Å². The monoisotopic (exact) mass is 412 g/mol. The molecule has 2 aromatic rings. The Kier molecular flexibility index (Phi) is 8.11. The van der Waals surface area contributed by atoms with Crippen molar-refractivity contribution < 1.29 is 19.0 Å². The van der Waals surface area contributed by atoms with Gasteiger partial charge in [0.15, 0.2) is 0 Å². The summed E-state index contributed by atoms with van der Waals surface area (Å²) in [5.74, 6) is 1.48. The number of nitrogens with zero attached hydrogens (tertiary/aromatic N) is 1. The molecule has 6 heteroatoms. The summed E-state index contributed by atoms with van der Waals surface area (Å²) in [6, 6.07) is 15.8. The number of carbonyl (C=O) groups is 1. The second-order valence-corrected chi connectivity index (χ2v) is 7.82. The van der Waals surface area contributed by atoms with E-state index in [1.54, 1.807) is 7.11 Å². The van der Waals surface area contributed by atoms with E-state index in [0.29, 0.717) is 19.6 Å². The Morgan fingerprint density at radius 1 is 1.00 bits per heavy atom. The van der Waals surface area contributed by atoms with Gasteiger partial charge in [-0.15, -0.1) is 0 Å². The highest BCUT2D eigenvalue weighted by molar-refractivity contribution is 5.76. The van der Waals surface area contributed by atoms with Crippen molar-refractivity contribution in [2.75, 3.05) is 26.8 Å². The Morgan fingerprint density at radius 2 is 1.60 bits per heavy atom. The number of rotatable bonds is 9. The number of ether oxygens (including phenoxy) is 3. The van der Waals surface area contributed by atoms with Crippen molar-refractivity contribution in [1.82, 2.24) is 10.2 Å².